The van der Waals surface area contributed by atoms with E-state index in [1.54, 1.807) is 0 Å². The van der Waals surface area contributed by atoms with E-state index in [1.807, 2.05) is 12.1 Å². The number of urea groups is 1. The minimum atomic E-state index is -0.937. The molecule has 0 spiro atoms. The van der Waals surface area contributed by atoms with Gasteiger partial charge in [-0.2, -0.15) is 0 Å². The predicted octanol–water partition coefficient (Wildman–Crippen LogP) is 1.90. The summed E-state index contributed by atoms with van der Waals surface area (Å²) in [5, 5.41) is 14.0. The number of carbonyl (C=O) groups is 2. The number of carboxylic acid groups (broad SMARTS) is 1. The number of halogens is 1. The quantitative estimate of drug-likeness (QED) is 0.751. The van der Waals surface area contributed by atoms with E-state index in [4.69, 9.17) is 9.84 Å². The van der Waals surface area contributed by atoms with Crippen LogP contribution in [-0.2, 0) is 17.8 Å². The summed E-state index contributed by atoms with van der Waals surface area (Å²) in [5.74, 6) is -0.722. The van der Waals surface area contributed by atoms with Gasteiger partial charge in [-0.1, -0.05) is 22.9 Å². The van der Waals surface area contributed by atoms with Crippen LogP contribution >= 0.6 is 15.9 Å². The first-order chi connectivity index (χ1) is 9.97. The van der Waals surface area contributed by atoms with Crippen LogP contribution in [0.2, 0.25) is 0 Å². The van der Waals surface area contributed by atoms with Gasteiger partial charge in [-0.15, -0.1) is 0 Å². The number of aliphatic carboxylic acids is 1. The predicted molar refractivity (Wildman–Crippen MR) is 80.4 cm³/mol. The molecule has 1 atom stereocenters. The number of carboxylic acids is 1. The van der Waals surface area contributed by atoms with E-state index in [-0.39, 0.29) is 6.54 Å². The molecule has 21 heavy (non-hydrogen) atoms. The Balaban J connectivity index is 1.89. The normalized spacial score (nSPS) is 14.0. The first kappa shape index (κ1) is 15.6. The summed E-state index contributed by atoms with van der Waals surface area (Å²) >= 11 is 3.44. The van der Waals surface area contributed by atoms with Gasteiger partial charge in [0.05, 0.1) is 12.5 Å². The highest BCUT2D eigenvalue weighted by Crippen LogP contribution is 2.32. The molecule has 7 heteroatoms. The number of fused-ring (bicyclic) bond motifs is 1. The van der Waals surface area contributed by atoms with Gasteiger partial charge in [-0.3, -0.25) is 4.79 Å². The molecule has 114 valence electrons. The molecular formula is C14H17BrN2O4. The smallest absolute Gasteiger partial charge is 0.315 e. The number of benzene rings is 1. The molecule has 1 unspecified atom stereocenters. The Labute approximate surface area is 131 Å². The molecule has 0 fully saturated rings. The van der Waals surface area contributed by atoms with Gasteiger partial charge in [0.1, 0.15) is 5.75 Å². The summed E-state index contributed by atoms with van der Waals surface area (Å²) in [5.41, 5.74) is 2.03. The van der Waals surface area contributed by atoms with Crippen molar-refractivity contribution in [2.45, 2.75) is 19.9 Å². The van der Waals surface area contributed by atoms with Crippen molar-refractivity contribution in [3.8, 4) is 5.75 Å². The molecule has 0 bridgehead atoms. The second-order valence-electron chi connectivity index (χ2n) is 4.95. The van der Waals surface area contributed by atoms with Crippen LogP contribution in [0.25, 0.3) is 0 Å². The first-order valence-electron chi connectivity index (χ1n) is 6.66. The lowest BCUT2D eigenvalue weighted by atomic mass is 10.1. The maximum absolute atomic E-state index is 11.7. The van der Waals surface area contributed by atoms with Crippen molar-refractivity contribution in [1.82, 2.24) is 10.6 Å². The highest BCUT2D eigenvalue weighted by atomic mass is 79.9. The lowest BCUT2D eigenvalue weighted by molar-refractivity contribution is -0.140. The van der Waals surface area contributed by atoms with E-state index in [0.29, 0.717) is 13.2 Å². The topological polar surface area (TPSA) is 87.7 Å². The van der Waals surface area contributed by atoms with Crippen molar-refractivity contribution in [3.05, 3.63) is 27.7 Å². The van der Waals surface area contributed by atoms with Crippen LogP contribution in [0.4, 0.5) is 4.79 Å². The molecule has 1 aromatic carbocycles. The van der Waals surface area contributed by atoms with Crippen molar-refractivity contribution in [3.63, 3.8) is 0 Å². The summed E-state index contributed by atoms with van der Waals surface area (Å²) in [4.78, 5) is 22.3. The van der Waals surface area contributed by atoms with Crippen LogP contribution in [0.5, 0.6) is 5.75 Å². The zero-order valence-corrected chi connectivity index (χ0v) is 13.2. The van der Waals surface area contributed by atoms with E-state index in [1.165, 1.54) is 6.92 Å². The molecule has 0 aliphatic carbocycles. The molecule has 1 aliphatic rings. The number of amides is 2. The molecule has 1 aliphatic heterocycles. The minimum Gasteiger partial charge on any atom is -0.493 e. The number of ether oxygens (including phenoxy) is 1. The number of rotatable bonds is 5. The summed E-state index contributed by atoms with van der Waals surface area (Å²) in [6.45, 7) is 2.61. The fourth-order valence-corrected chi connectivity index (χ4v) is 2.60. The van der Waals surface area contributed by atoms with E-state index < -0.39 is 17.9 Å². The van der Waals surface area contributed by atoms with Crippen molar-refractivity contribution in [1.29, 1.82) is 0 Å². The van der Waals surface area contributed by atoms with Gasteiger partial charge in [-0.05, 0) is 17.7 Å². The molecule has 1 heterocycles. The third-order valence-corrected chi connectivity index (χ3v) is 3.71. The molecular weight excluding hydrogens is 340 g/mol. The maximum Gasteiger partial charge on any atom is 0.315 e. The van der Waals surface area contributed by atoms with Gasteiger partial charge < -0.3 is 20.5 Å². The SMILES string of the molecule is CC(CNC(=O)NCc1cc(Br)cc2c1OCC2)C(=O)O. The lowest BCUT2D eigenvalue weighted by Gasteiger charge is -2.12. The Morgan fingerprint density at radius 2 is 2.19 bits per heavy atom. The van der Waals surface area contributed by atoms with Crippen LogP contribution in [-0.4, -0.2) is 30.3 Å². The van der Waals surface area contributed by atoms with Crippen molar-refractivity contribution in [2.24, 2.45) is 5.92 Å². The highest BCUT2D eigenvalue weighted by Gasteiger charge is 2.18. The van der Waals surface area contributed by atoms with Crippen molar-refractivity contribution >= 4 is 27.9 Å². The van der Waals surface area contributed by atoms with Crippen LogP contribution in [0.3, 0.4) is 0 Å². The Hall–Kier alpha value is -1.76. The summed E-state index contributed by atoms with van der Waals surface area (Å²) in [6, 6.07) is 3.53. The third kappa shape index (κ3) is 4.10. The molecule has 2 rings (SSSR count). The van der Waals surface area contributed by atoms with Crippen LogP contribution in [0, 0.1) is 5.92 Å². The third-order valence-electron chi connectivity index (χ3n) is 3.26. The van der Waals surface area contributed by atoms with Crippen LogP contribution < -0.4 is 15.4 Å². The van der Waals surface area contributed by atoms with Gasteiger partial charge in [0.25, 0.3) is 0 Å². The number of hydrogen-bond acceptors (Lipinski definition) is 3. The second-order valence-corrected chi connectivity index (χ2v) is 5.87. The second kappa shape index (κ2) is 6.80. The van der Waals surface area contributed by atoms with Gasteiger partial charge >= 0.3 is 12.0 Å². The molecule has 0 radical (unpaired) electrons. The Bertz CT molecular complexity index is 562. The molecule has 1 aromatic rings. The zero-order chi connectivity index (χ0) is 15.4. The van der Waals surface area contributed by atoms with Crippen LogP contribution in [0.1, 0.15) is 18.1 Å². The summed E-state index contributed by atoms with van der Waals surface area (Å²) < 4.78 is 6.52. The first-order valence-corrected chi connectivity index (χ1v) is 7.45. The average molecular weight is 357 g/mol. The number of hydrogen-bond donors (Lipinski definition) is 3. The Morgan fingerprint density at radius 3 is 2.90 bits per heavy atom. The van der Waals surface area contributed by atoms with E-state index in [2.05, 4.69) is 26.6 Å². The lowest BCUT2D eigenvalue weighted by Crippen LogP contribution is -2.38. The molecule has 0 saturated heterocycles. The summed E-state index contributed by atoms with van der Waals surface area (Å²) in [7, 11) is 0. The Morgan fingerprint density at radius 1 is 1.43 bits per heavy atom. The van der Waals surface area contributed by atoms with Crippen molar-refractivity contribution in [2.75, 3.05) is 13.2 Å². The molecule has 0 aromatic heterocycles. The monoisotopic (exact) mass is 356 g/mol. The van der Waals surface area contributed by atoms with E-state index >= 15 is 0 Å². The van der Waals surface area contributed by atoms with E-state index in [0.717, 1.165) is 27.8 Å². The molecule has 6 nitrogen and oxygen atoms in total. The molecule has 3 N–H and O–H groups in total. The molecule has 2 amide bonds. The van der Waals surface area contributed by atoms with Gasteiger partial charge in [0.15, 0.2) is 0 Å². The molecule has 0 saturated carbocycles. The largest absolute Gasteiger partial charge is 0.493 e. The highest BCUT2D eigenvalue weighted by molar-refractivity contribution is 9.10. The van der Waals surface area contributed by atoms with Gasteiger partial charge in [0, 0.05) is 29.5 Å². The fraction of sp³-hybridized carbons (Fsp3) is 0.429. The number of nitrogens with one attached hydrogen (secondary N) is 2. The van der Waals surface area contributed by atoms with Gasteiger partial charge in [0.2, 0.25) is 0 Å². The maximum atomic E-state index is 11.7. The fourth-order valence-electron chi connectivity index (χ4n) is 2.05. The van der Waals surface area contributed by atoms with E-state index in [9.17, 15) is 9.59 Å². The zero-order valence-electron chi connectivity index (χ0n) is 11.6. The Kier molecular flexibility index (Phi) is 5.06. The number of carbonyl (C=O) groups excluding carboxylic acids is 1. The minimum absolute atomic E-state index is 0.0915. The standard InChI is InChI=1S/C14H17BrN2O4/c1-8(13(18)19)6-16-14(20)17-7-10-5-11(15)4-9-2-3-21-12(9)10/h4-5,8H,2-3,6-7H2,1H3,(H,18,19)(H2,16,17,20). The average Bonchev–Trinajstić information content (AvgIpc) is 2.89. The summed E-state index contributed by atoms with van der Waals surface area (Å²) in [6.07, 6.45) is 0.865. The van der Waals surface area contributed by atoms with Crippen LogP contribution in [0.15, 0.2) is 16.6 Å². The van der Waals surface area contributed by atoms with Crippen molar-refractivity contribution < 1.29 is 19.4 Å². The van der Waals surface area contributed by atoms with Gasteiger partial charge in [-0.25, -0.2) is 4.79 Å².